The molecule has 2 N–H and O–H groups in total. The van der Waals surface area contributed by atoms with Crippen LogP contribution < -0.4 is 10.6 Å². The van der Waals surface area contributed by atoms with Crippen molar-refractivity contribution in [3.8, 4) is 0 Å². The van der Waals surface area contributed by atoms with E-state index in [0.717, 1.165) is 24.3 Å². The summed E-state index contributed by atoms with van der Waals surface area (Å²) in [6, 6.07) is 5.49. The summed E-state index contributed by atoms with van der Waals surface area (Å²) < 4.78 is 1.64. The minimum absolute atomic E-state index is 0.0211. The molecule has 0 saturated heterocycles. The number of amides is 1. The molecule has 0 aliphatic carbocycles. The third kappa shape index (κ3) is 4.59. The van der Waals surface area contributed by atoms with Crippen LogP contribution in [0.15, 0.2) is 36.8 Å². The quantitative estimate of drug-likeness (QED) is 0.761. The summed E-state index contributed by atoms with van der Waals surface area (Å²) in [7, 11) is 0. The first kappa shape index (κ1) is 15.0. The fourth-order valence-electron chi connectivity index (χ4n) is 1.87. The number of hydrogen-bond donors (Lipinski definition) is 2. The highest BCUT2D eigenvalue weighted by Crippen LogP contribution is 2.04. The van der Waals surface area contributed by atoms with E-state index in [1.807, 2.05) is 38.2 Å². The van der Waals surface area contributed by atoms with Crippen LogP contribution in [0.5, 0.6) is 0 Å². The zero-order valence-corrected chi connectivity index (χ0v) is 12.4. The third-order valence-electron chi connectivity index (χ3n) is 3.17. The Kier molecular flexibility index (Phi) is 5.31. The summed E-state index contributed by atoms with van der Waals surface area (Å²) in [5.41, 5.74) is 1.14. The van der Waals surface area contributed by atoms with E-state index in [1.165, 1.54) is 0 Å². The van der Waals surface area contributed by atoms with Crippen molar-refractivity contribution in [2.24, 2.45) is 0 Å². The van der Waals surface area contributed by atoms with Crippen molar-refractivity contribution in [3.05, 3.63) is 42.4 Å². The molecule has 0 aromatic carbocycles. The Hall–Kier alpha value is -2.37. The fraction of sp³-hybridized carbons (Fsp3) is 0.400. The van der Waals surface area contributed by atoms with Crippen molar-refractivity contribution in [2.75, 3.05) is 18.4 Å². The molecule has 0 fully saturated rings. The molecule has 21 heavy (non-hydrogen) atoms. The van der Waals surface area contributed by atoms with Crippen LogP contribution in [0.4, 0.5) is 5.82 Å². The topological polar surface area (TPSA) is 71.8 Å². The monoisotopic (exact) mass is 287 g/mol. The maximum Gasteiger partial charge on any atom is 0.244 e. The summed E-state index contributed by atoms with van der Waals surface area (Å²) in [6.07, 6.45) is 6.13. The van der Waals surface area contributed by atoms with Gasteiger partial charge in [0, 0.05) is 31.7 Å². The van der Waals surface area contributed by atoms with Crippen molar-refractivity contribution >= 4 is 11.7 Å². The summed E-state index contributed by atoms with van der Waals surface area (Å²) in [5, 5.41) is 10.2. The lowest BCUT2D eigenvalue weighted by Gasteiger charge is -2.12. The molecule has 0 aliphatic rings. The first-order valence-corrected chi connectivity index (χ1v) is 7.10. The van der Waals surface area contributed by atoms with Crippen molar-refractivity contribution < 1.29 is 4.79 Å². The number of aromatic nitrogens is 3. The fourth-order valence-corrected chi connectivity index (χ4v) is 1.87. The predicted octanol–water partition coefficient (Wildman–Crippen LogP) is 1.77. The molecule has 2 aromatic heterocycles. The standard InChI is InChI=1S/C15H21N5O/c1-12-5-6-14(18-11-12)16-7-3-8-17-15(21)13(2)20-10-4-9-19-20/h4-6,9-11,13H,3,7-8H2,1-2H3,(H,16,18)(H,17,21)/t13-/m1/s1. The third-order valence-corrected chi connectivity index (χ3v) is 3.17. The van der Waals surface area contributed by atoms with Gasteiger partial charge in [0.25, 0.3) is 0 Å². The maximum absolute atomic E-state index is 11.9. The highest BCUT2D eigenvalue weighted by Gasteiger charge is 2.13. The Balaban J connectivity index is 1.63. The SMILES string of the molecule is Cc1ccc(NCCCNC(=O)[C@@H](C)n2cccn2)nc1. The van der Waals surface area contributed by atoms with E-state index < -0.39 is 0 Å². The van der Waals surface area contributed by atoms with Gasteiger partial charge in [0.2, 0.25) is 5.91 Å². The molecule has 0 saturated carbocycles. The molecule has 1 amide bonds. The minimum atomic E-state index is -0.285. The first-order chi connectivity index (χ1) is 10.2. The van der Waals surface area contributed by atoms with Crippen LogP contribution in [0.2, 0.25) is 0 Å². The van der Waals surface area contributed by atoms with Gasteiger partial charge < -0.3 is 10.6 Å². The number of carbonyl (C=O) groups is 1. The van der Waals surface area contributed by atoms with Gasteiger partial charge >= 0.3 is 0 Å². The number of pyridine rings is 1. The lowest BCUT2D eigenvalue weighted by atomic mass is 10.3. The van der Waals surface area contributed by atoms with E-state index in [-0.39, 0.29) is 11.9 Å². The van der Waals surface area contributed by atoms with E-state index in [0.29, 0.717) is 6.54 Å². The van der Waals surface area contributed by atoms with Crippen LogP contribution in [0.1, 0.15) is 24.9 Å². The average molecular weight is 287 g/mol. The second kappa shape index (κ2) is 7.42. The Bertz CT molecular complexity index is 550. The van der Waals surface area contributed by atoms with Gasteiger partial charge in [-0.25, -0.2) is 4.98 Å². The predicted molar refractivity (Wildman–Crippen MR) is 82.0 cm³/mol. The molecule has 2 aromatic rings. The van der Waals surface area contributed by atoms with Crippen LogP contribution >= 0.6 is 0 Å². The normalized spacial score (nSPS) is 11.9. The molecule has 2 rings (SSSR count). The van der Waals surface area contributed by atoms with E-state index in [2.05, 4.69) is 20.7 Å². The van der Waals surface area contributed by atoms with E-state index >= 15 is 0 Å². The molecule has 0 spiro atoms. The number of carbonyl (C=O) groups excluding carboxylic acids is 1. The second-order valence-corrected chi connectivity index (χ2v) is 4.95. The van der Waals surface area contributed by atoms with Crippen LogP contribution in [0.25, 0.3) is 0 Å². The first-order valence-electron chi connectivity index (χ1n) is 7.10. The highest BCUT2D eigenvalue weighted by atomic mass is 16.2. The number of nitrogens with one attached hydrogen (secondary N) is 2. The summed E-state index contributed by atoms with van der Waals surface area (Å²) in [6.45, 7) is 5.24. The summed E-state index contributed by atoms with van der Waals surface area (Å²) in [5.74, 6) is 0.837. The van der Waals surface area contributed by atoms with Gasteiger partial charge in [0.1, 0.15) is 11.9 Å². The molecule has 0 radical (unpaired) electrons. The van der Waals surface area contributed by atoms with Gasteiger partial charge in [-0.15, -0.1) is 0 Å². The smallest absolute Gasteiger partial charge is 0.244 e. The number of hydrogen-bond acceptors (Lipinski definition) is 4. The maximum atomic E-state index is 11.9. The van der Waals surface area contributed by atoms with Gasteiger partial charge in [0.05, 0.1) is 0 Å². The molecule has 0 bridgehead atoms. The zero-order chi connectivity index (χ0) is 15.1. The van der Waals surface area contributed by atoms with Crippen molar-refractivity contribution in [1.82, 2.24) is 20.1 Å². The molecular weight excluding hydrogens is 266 g/mol. The zero-order valence-electron chi connectivity index (χ0n) is 12.4. The molecule has 112 valence electrons. The van der Waals surface area contributed by atoms with Crippen LogP contribution in [-0.4, -0.2) is 33.8 Å². The molecule has 2 heterocycles. The number of nitrogens with zero attached hydrogens (tertiary/aromatic N) is 3. The number of anilines is 1. The molecule has 0 unspecified atom stereocenters. The molecular formula is C15H21N5O. The Morgan fingerprint density at radius 3 is 2.90 bits per heavy atom. The lowest BCUT2D eigenvalue weighted by Crippen LogP contribution is -2.32. The molecule has 0 aliphatic heterocycles. The van der Waals surface area contributed by atoms with Gasteiger partial charge in [-0.3, -0.25) is 9.48 Å². The van der Waals surface area contributed by atoms with Gasteiger partial charge in [0.15, 0.2) is 0 Å². The van der Waals surface area contributed by atoms with E-state index in [4.69, 9.17) is 0 Å². The molecule has 1 atom stereocenters. The van der Waals surface area contributed by atoms with E-state index in [1.54, 1.807) is 17.1 Å². The molecule has 6 nitrogen and oxygen atoms in total. The Morgan fingerprint density at radius 2 is 2.24 bits per heavy atom. The minimum Gasteiger partial charge on any atom is -0.370 e. The Morgan fingerprint density at radius 1 is 1.38 bits per heavy atom. The Labute approximate surface area is 124 Å². The second-order valence-electron chi connectivity index (χ2n) is 4.95. The van der Waals surface area contributed by atoms with Gasteiger partial charge in [-0.05, 0) is 38.0 Å². The molecule has 6 heteroatoms. The summed E-state index contributed by atoms with van der Waals surface area (Å²) in [4.78, 5) is 16.2. The van der Waals surface area contributed by atoms with Crippen molar-refractivity contribution in [2.45, 2.75) is 26.3 Å². The van der Waals surface area contributed by atoms with Gasteiger partial charge in [-0.1, -0.05) is 6.07 Å². The number of aryl methyl sites for hydroxylation is 1. The van der Waals surface area contributed by atoms with Crippen LogP contribution in [0.3, 0.4) is 0 Å². The van der Waals surface area contributed by atoms with Crippen LogP contribution in [0, 0.1) is 6.92 Å². The largest absolute Gasteiger partial charge is 0.370 e. The lowest BCUT2D eigenvalue weighted by molar-refractivity contribution is -0.124. The van der Waals surface area contributed by atoms with Crippen molar-refractivity contribution in [1.29, 1.82) is 0 Å². The van der Waals surface area contributed by atoms with E-state index in [9.17, 15) is 4.79 Å². The van der Waals surface area contributed by atoms with Gasteiger partial charge in [-0.2, -0.15) is 5.10 Å². The van der Waals surface area contributed by atoms with Crippen molar-refractivity contribution in [3.63, 3.8) is 0 Å². The number of rotatable bonds is 7. The summed E-state index contributed by atoms with van der Waals surface area (Å²) >= 11 is 0. The van der Waals surface area contributed by atoms with Crippen LogP contribution in [-0.2, 0) is 4.79 Å². The average Bonchev–Trinajstić information content (AvgIpc) is 3.02. The highest BCUT2D eigenvalue weighted by molar-refractivity contribution is 5.79.